The van der Waals surface area contributed by atoms with E-state index >= 15 is 0 Å². The monoisotopic (exact) mass is 255 g/mol. The van der Waals surface area contributed by atoms with Gasteiger partial charge in [0.05, 0.1) is 0 Å². The number of nitrogens with two attached hydrogens (primary N) is 1. The second-order valence-corrected chi connectivity index (χ2v) is 5.55. The van der Waals surface area contributed by atoms with Gasteiger partial charge in [0.15, 0.2) is 0 Å². The Morgan fingerprint density at radius 2 is 2.17 bits per heavy atom. The van der Waals surface area contributed by atoms with Crippen LogP contribution >= 0.6 is 0 Å². The van der Waals surface area contributed by atoms with Gasteiger partial charge in [-0.05, 0) is 38.3 Å². The minimum Gasteiger partial charge on any atom is -0.359 e. The highest BCUT2D eigenvalue weighted by Crippen LogP contribution is 2.33. The van der Waals surface area contributed by atoms with Gasteiger partial charge in [0, 0.05) is 26.1 Å². The summed E-state index contributed by atoms with van der Waals surface area (Å²) in [6.07, 6.45) is 5.64. The second kappa shape index (κ2) is 7.74. The van der Waals surface area contributed by atoms with Crippen molar-refractivity contribution in [1.82, 2.24) is 10.2 Å². The number of nitrogens with zero attached hydrogens (tertiary/aromatic N) is 1. The average Bonchev–Trinajstić information content (AvgIpc) is 2.43. The van der Waals surface area contributed by atoms with Crippen LogP contribution in [0.5, 0.6) is 0 Å². The number of amides is 1. The van der Waals surface area contributed by atoms with Gasteiger partial charge in [0.2, 0.25) is 5.91 Å². The van der Waals surface area contributed by atoms with Gasteiger partial charge in [-0.15, -0.1) is 0 Å². The highest BCUT2D eigenvalue weighted by atomic mass is 16.1. The molecule has 0 heterocycles. The van der Waals surface area contributed by atoms with Gasteiger partial charge in [0.1, 0.15) is 0 Å². The van der Waals surface area contributed by atoms with Gasteiger partial charge in [-0.25, -0.2) is 0 Å². The molecule has 4 nitrogen and oxygen atoms in total. The first-order valence-corrected chi connectivity index (χ1v) is 7.23. The normalized spacial score (nSPS) is 28.4. The zero-order chi connectivity index (χ0) is 13.5. The number of carbonyl (C=O) groups is 1. The molecule has 1 fully saturated rings. The number of hydrogen-bond acceptors (Lipinski definition) is 3. The zero-order valence-corrected chi connectivity index (χ0v) is 12.1. The Kier molecular flexibility index (Phi) is 6.65. The largest absolute Gasteiger partial charge is 0.359 e. The van der Waals surface area contributed by atoms with Gasteiger partial charge in [-0.2, -0.15) is 0 Å². The first kappa shape index (κ1) is 15.4. The van der Waals surface area contributed by atoms with Crippen LogP contribution in [0.15, 0.2) is 0 Å². The molecule has 1 aliphatic rings. The van der Waals surface area contributed by atoms with Crippen molar-refractivity contribution in [3.8, 4) is 0 Å². The van der Waals surface area contributed by atoms with E-state index in [0.717, 1.165) is 19.0 Å². The van der Waals surface area contributed by atoms with E-state index < -0.39 is 0 Å². The standard InChI is InChI=1S/C14H29N3O/c1-4-11-5-6-12(10-15)13(9-11)17(3)8-7-14(18)16-2/h11-13H,4-10,15H2,1-3H3,(H,16,18). The minimum atomic E-state index is 0.119. The molecule has 3 unspecified atom stereocenters. The molecule has 0 aromatic heterocycles. The highest BCUT2D eigenvalue weighted by molar-refractivity contribution is 5.75. The Morgan fingerprint density at radius 3 is 2.72 bits per heavy atom. The van der Waals surface area contributed by atoms with E-state index in [9.17, 15) is 4.79 Å². The Morgan fingerprint density at radius 1 is 1.44 bits per heavy atom. The summed E-state index contributed by atoms with van der Waals surface area (Å²) in [5, 5.41) is 2.68. The molecule has 4 heteroatoms. The van der Waals surface area contributed by atoms with Crippen LogP contribution in [-0.2, 0) is 4.79 Å². The van der Waals surface area contributed by atoms with Gasteiger partial charge in [0.25, 0.3) is 0 Å². The summed E-state index contributed by atoms with van der Waals surface area (Å²) in [6, 6.07) is 0.554. The fraction of sp³-hybridized carbons (Fsp3) is 0.929. The van der Waals surface area contributed by atoms with Gasteiger partial charge >= 0.3 is 0 Å². The van der Waals surface area contributed by atoms with Crippen LogP contribution in [0, 0.1) is 11.8 Å². The molecule has 1 rings (SSSR count). The Balaban J connectivity index is 2.50. The lowest BCUT2D eigenvalue weighted by Gasteiger charge is -2.40. The van der Waals surface area contributed by atoms with E-state index in [4.69, 9.17) is 5.73 Å². The molecule has 0 aromatic rings. The summed E-state index contributed by atoms with van der Waals surface area (Å²) < 4.78 is 0. The van der Waals surface area contributed by atoms with Crippen LogP contribution in [-0.4, -0.2) is 44.0 Å². The second-order valence-electron chi connectivity index (χ2n) is 5.55. The molecule has 3 atom stereocenters. The van der Waals surface area contributed by atoms with Crippen LogP contribution in [0.25, 0.3) is 0 Å². The smallest absolute Gasteiger partial charge is 0.221 e. The molecular formula is C14H29N3O. The maximum Gasteiger partial charge on any atom is 0.221 e. The van der Waals surface area contributed by atoms with Gasteiger partial charge < -0.3 is 16.0 Å². The van der Waals surface area contributed by atoms with Crippen molar-refractivity contribution in [2.24, 2.45) is 17.6 Å². The molecule has 1 amide bonds. The van der Waals surface area contributed by atoms with Gasteiger partial charge in [-0.1, -0.05) is 19.8 Å². The van der Waals surface area contributed by atoms with Crippen molar-refractivity contribution >= 4 is 5.91 Å². The van der Waals surface area contributed by atoms with Crippen molar-refractivity contribution in [2.75, 3.05) is 27.2 Å². The lowest BCUT2D eigenvalue weighted by atomic mass is 9.76. The molecule has 0 radical (unpaired) electrons. The summed E-state index contributed by atoms with van der Waals surface area (Å²) in [5.41, 5.74) is 5.89. The number of rotatable bonds is 6. The first-order valence-electron chi connectivity index (χ1n) is 7.23. The molecule has 0 aromatic carbocycles. The maximum atomic E-state index is 11.3. The predicted molar refractivity (Wildman–Crippen MR) is 75.3 cm³/mol. The fourth-order valence-electron chi connectivity index (χ4n) is 3.05. The van der Waals surface area contributed by atoms with E-state index in [1.165, 1.54) is 25.7 Å². The van der Waals surface area contributed by atoms with Crippen molar-refractivity contribution in [3.05, 3.63) is 0 Å². The fourth-order valence-corrected chi connectivity index (χ4v) is 3.05. The van der Waals surface area contributed by atoms with Crippen molar-refractivity contribution in [2.45, 2.75) is 45.1 Å². The molecule has 106 valence electrons. The van der Waals surface area contributed by atoms with Crippen molar-refractivity contribution < 1.29 is 4.79 Å². The van der Waals surface area contributed by atoms with Crippen LogP contribution in [0.3, 0.4) is 0 Å². The third-order valence-corrected chi connectivity index (χ3v) is 4.48. The third kappa shape index (κ3) is 4.25. The molecule has 1 saturated carbocycles. The molecule has 1 aliphatic carbocycles. The first-order chi connectivity index (χ1) is 8.62. The summed E-state index contributed by atoms with van der Waals surface area (Å²) in [7, 11) is 3.83. The molecule has 0 spiro atoms. The van der Waals surface area contributed by atoms with Gasteiger partial charge in [-0.3, -0.25) is 4.79 Å². The van der Waals surface area contributed by atoms with E-state index in [1.54, 1.807) is 7.05 Å². The molecule has 0 saturated heterocycles. The van der Waals surface area contributed by atoms with Crippen LogP contribution < -0.4 is 11.1 Å². The van der Waals surface area contributed by atoms with E-state index in [1.807, 2.05) is 0 Å². The van der Waals surface area contributed by atoms with E-state index in [0.29, 0.717) is 18.4 Å². The summed E-state index contributed by atoms with van der Waals surface area (Å²) in [5.74, 6) is 1.55. The number of nitrogens with one attached hydrogen (secondary N) is 1. The molecule has 0 bridgehead atoms. The predicted octanol–water partition coefficient (Wildman–Crippen LogP) is 1.21. The number of carbonyl (C=O) groups excluding carboxylic acids is 1. The lowest BCUT2D eigenvalue weighted by Crippen LogP contribution is -2.46. The molecule has 0 aliphatic heterocycles. The Bertz CT molecular complexity index is 257. The van der Waals surface area contributed by atoms with E-state index in [2.05, 4.69) is 24.2 Å². The molecule has 3 N–H and O–H groups in total. The SMILES string of the molecule is CCC1CCC(CN)C(N(C)CCC(=O)NC)C1. The summed E-state index contributed by atoms with van der Waals surface area (Å²) in [4.78, 5) is 13.6. The zero-order valence-electron chi connectivity index (χ0n) is 12.1. The van der Waals surface area contributed by atoms with Crippen LogP contribution in [0.4, 0.5) is 0 Å². The van der Waals surface area contributed by atoms with Crippen molar-refractivity contribution in [1.29, 1.82) is 0 Å². The van der Waals surface area contributed by atoms with Crippen LogP contribution in [0.1, 0.15) is 39.0 Å². The van der Waals surface area contributed by atoms with E-state index in [-0.39, 0.29) is 5.91 Å². The Labute approximate surface area is 111 Å². The average molecular weight is 255 g/mol. The Hall–Kier alpha value is -0.610. The molecule has 18 heavy (non-hydrogen) atoms. The summed E-state index contributed by atoms with van der Waals surface area (Å²) in [6.45, 7) is 3.87. The third-order valence-electron chi connectivity index (χ3n) is 4.48. The summed E-state index contributed by atoms with van der Waals surface area (Å²) >= 11 is 0. The topological polar surface area (TPSA) is 58.4 Å². The minimum absolute atomic E-state index is 0.119. The lowest BCUT2D eigenvalue weighted by molar-refractivity contribution is -0.121. The van der Waals surface area contributed by atoms with Crippen molar-refractivity contribution in [3.63, 3.8) is 0 Å². The quantitative estimate of drug-likeness (QED) is 0.750. The van der Waals surface area contributed by atoms with Crippen LogP contribution in [0.2, 0.25) is 0 Å². The molecular weight excluding hydrogens is 226 g/mol. The highest BCUT2D eigenvalue weighted by Gasteiger charge is 2.31. The number of hydrogen-bond donors (Lipinski definition) is 2. The maximum absolute atomic E-state index is 11.3.